The minimum atomic E-state index is -2.41. The lowest BCUT2D eigenvalue weighted by atomic mass is 10.1. The third-order valence-corrected chi connectivity index (χ3v) is 14.7. The topological polar surface area (TPSA) is 86.6 Å². The third kappa shape index (κ3) is 11.5. The molecule has 0 heterocycles. The Bertz CT molecular complexity index is 2140. The molecule has 0 bridgehead atoms. The molecule has 296 valence electrons. The molecule has 0 saturated heterocycles. The summed E-state index contributed by atoms with van der Waals surface area (Å²) < 4.78 is 32.4. The van der Waals surface area contributed by atoms with Crippen LogP contribution in [-0.4, -0.2) is 24.6 Å². The third-order valence-electron chi connectivity index (χ3n) is 10.4. The summed E-state index contributed by atoms with van der Waals surface area (Å²) in [4.78, 5) is 0. The summed E-state index contributed by atoms with van der Waals surface area (Å²) in [6, 6.07) is 48.7. The zero-order valence-electron chi connectivity index (χ0n) is 33.6. The first-order chi connectivity index (χ1) is 27.4. The minimum Gasteiger partial charge on any atom is -0.543 e. The summed E-state index contributed by atoms with van der Waals surface area (Å²) >= 11 is 0. The van der Waals surface area contributed by atoms with Gasteiger partial charge in [0.1, 0.15) is 49.8 Å². The molecule has 8 heteroatoms. The average molecular weight is 785 g/mol. The Hall–Kier alpha value is -5.54. The Balaban J connectivity index is 1.32. The van der Waals surface area contributed by atoms with Crippen molar-refractivity contribution in [3.63, 3.8) is 0 Å². The molecule has 0 aliphatic carbocycles. The van der Waals surface area contributed by atoms with E-state index in [1.807, 2.05) is 133 Å². The molecule has 0 fully saturated rings. The Labute approximate surface area is 338 Å². The zero-order chi connectivity index (χ0) is 40.3. The van der Waals surface area contributed by atoms with Crippen molar-refractivity contribution in [1.29, 1.82) is 0 Å². The van der Waals surface area contributed by atoms with Gasteiger partial charge in [-0.2, -0.15) is 0 Å². The van der Waals surface area contributed by atoms with Crippen molar-refractivity contribution < 1.29 is 33.6 Å². The van der Waals surface area contributed by atoms with E-state index in [0.29, 0.717) is 66.3 Å². The summed E-state index contributed by atoms with van der Waals surface area (Å²) in [5.74, 6) is 2.67. The Morgan fingerprint density at radius 2 is 0.912 bits per heavy atom. The van der Waals surface area contributed by atoms with E-state index in [1.54, 1.807) is 18.2 Å². The summed E-state index contributed by atoms with van der Waals surface area (Å²) in [6.45, 7) is 12.2. The minimum absolute atomic E-state index is 0.0423. The SMILES string of the molecule is CC(C)(C)[Si](C)(C)Oc1cc(OCc2ccccc2)cc(OCc2ccccc2)c1[13CH2][C@@H](O)[13C@H](O)c1ccc(OCc2ccccc2)c(OCc2ccccc2)c1. The van der Waals surface area contributed by atoms with Gasteiger partial charge in [0, 0.05) is 24.1 Å². The quantitative estimate of drug-likeness (QED) is 0.0663. The molecule has 57 heavy (non-hydrogen) atoms. The van der Waals surface area contributed by atoms with Gasteiger partial charge in [0.25, 0.3) is 0 Å². The number of aliphatic hydroxyl groups excluding tert-OH is 2. The highest BCUT2D eigenvalue weighted by molar-refractivity contribution is 6.74. The maximum atomic E-state index is 11.9. The van der Waals surface area contributed by atoms with Gasteiger partial charge >= 0.3 is 0 Å². The predicted molar refractivity (Wildman–Crippen MR) is 228 cm³/mol. The lowest BCUT2D eigenvalue weighted by molar-refractivity contribution is 0.0181. The Morgan fingerprint density at radius 1 is 0.491 bits per heavy atom. The van der Waals surface area contributed by atoms with E-state index in [-0.39, 0.29) is 11.5 Å². The molecule has 2 atom stereocenters. The van der Waals surface area contributed by atoms with Crippen molar-refractivity contribution in [2.24, 2.45) is 0 Å². The van der Waals surface area contributed by atoms with Crippen LogP contribution in [0.1, 0.15) is 60.3 Å². The highest BCUT2D eigenvalue weighted by Gasteiger charge is 2.40. The lowest BCUT2D eigenvalue weighted by Gasteiger charge is -2.37. The standard InChI is InChI=1S/C49H54O7Si/c1-49(2,3)57(4,5)56-46-30-41(52-32-36-18-10-6-11-19-36)29-45(54-34-38-22-14-8-15-23-38)42(46)31-43(50)48(51)40-26-27-44(53-33-37-20-12-7-13-21-37)47(28-40)55-35-39-24-16-9-17-25-39/h6-30,43,48,50-51H,31-35H2,1-5H3/t43-,48-/m1/s1/i31+1,48+1. The summed E-state index contributed by atoms with van der Waals surface area (Å²) in [5.41, 5.74) is 5.16. The molecule has 2 N–H and O–H groups in total. The molecule has 0 aromatic heterocycles. The maximum Gasteiger partial charge on any atom is 0.250 e. The van der Waals surface area contributed by atoms with Crippen LogP contribution in [0.2, 0.25) is 18.1 Å². The number of benzene rings is 6. The fourth-order valence-corrected chi connectivity index (χ4v) is 7.00. The van der Waals surface area contributed by atoms with Crippen LogP contribution in [0.4, 0.5) is 0 Å². The predicted octanol–water partition coefficient (Wildman–Crippen LogP) is 11.0. The van der Waals surface area contributed by atoms with Gasteiger partial charge in [-0.15, -0.1) is 0 Å². The lowest BCUT2D eigenvalue weighted by Crippen LogP contribution is -2.44. The van der Waals surface area contributed by atoms with Gasteiger partial charge in [0.15, 0.2) is 11.5 Å². The van der Waals surface area contributed by atoms with E-state index in [4.69, 9.17) is 23.4 Å². The second kappa shape index (κ2) is 19.1. The summed E-state index contributed by atoms with van der Waals surface area (Å²) in [5, 5.41) is 23.6. The first-order valence-electron chi connectivity index (χ1n) is 19.5. The van der Waals surface area contributed by atoms with Crippen LogP contribution in [0, 0.1) is 0 Å². The van der Waals surface area contributed by atoms with Crippen LogP contribution in [-0.2, 0) is 32.8 Å². The largest absolute Gasteiger partial charge is 0.543 e. The van der Waals surface area contributed by atoms with Crippen molar-refractivity contribution in [2.75, 3.05) is 0 Å². The summed E-state index contributed by atoms with van der Waals surface area (Å²) in [7, 11) is -2.41. The second-order valence-electron chi connectivity index (χ2n) is 15.8. The van der Waals surface area contributed by atoms with Crippen molar-refractivity contribution in [1.82, 2.24) is 0 Å². The van der Waals surface area contributed by atoms with Gasteiger partial charge in [-0.25, -0.2) is 0 Å². The first kappa shape index (κ1) is 41.1. The number of ether oxygens (including phenoxy) is 4. The monoisotopic (exact) mass is 784 g/mol. The molecule has 0 aliphatic rings. The van der Waals surface area contributed by atoms with Gasteiger partial charge in [-0.1, -0.05) is 148 Å². The van der Waals surface area contributed by atoms with Crippen LogP contribution in [0.25, 0.3) is 0 Å². The Morgan fingerprint density at radius 3 is 1.39 bits per heavy atom. The molecule has 0 spiro atoms. The van der Waals surface area contributed by atoms with E-state index in [1.165, 1.54) is 0 Å². The van der Waals surface area contributed by atoms with Gasteiger partial charge in [-0.05, 0) is 58.1 Å². The molecule has 6 aromatic carbocycles. The second-order valence-corrected chi connectivity index (χ2v) is 20.5. The van der Waals surface area contributed by atoms with Gasteiger partial charge in [-0.3, -0.25) is 0 Å². The van der Waals surface area contributed by atoms with E-state index in [2.05, 4.69) is 33.9 Å². The maximum absolute atomic E-state index is 11.9. The molecular weight excluding hydrogens is 731 g/mol. The number of aliphatic hydroxyl groups is 2. The number of hydrogen-bond donors (Lipinski definition) is 2. The molecule has 0 amide bonds. The smallest absolute Gasteiger partial charge is 0.250 e. The van der Waals surface area contributed by atoms with Crippen molar-refractivity contribution in [2.45, 2.75) is 84.0 Å². The molecule has 7 nitrogen and oxygen atoms in total. The van der Waals surface area contributed by atoms with Crippen LogP contribution >= 0.6 is 0 Å². The highest BCUT2D eigenvalue weighted by atomic mass is 28.4. The summed E-state index contributed by atoms with van der Waals surface area (Å²) in [6.07, 6.45) is -2.47. The van der Waals surface area contributed by atoms with E-state index >= 15 is 0 Å². The van der Waals surface area contributed by atoms with Crippen LogP contribution in [0.3, 0.4) is 0 Å². The van der Waals surface area contributed by atoms with Gasteiger partial charge in [0.05, 0.1) is 6.10 Å². The highest BCUT2D eigenvalue weighted by Crippen LogP contribution is 2.43. The van der Waals surface area contributed by atoms with Crippen LogP contribution in [0.15, 0.2) is 152 Å². The van der Waals surface area contributed by atoms with Crippen molar-refractivity contribution >= 4 is 8.32 Å². The van der Waals surface area contributed by atoms with E-state index in [9.17, 15) is 10.2 Å². The van der Waals surface area contributed by atoms with Crippen LogP contribution < -0.4 is 23.4 Å². The first-order valence-corrected chi connectivity index (χ1v) is 22.4. The van der Waals surface area contributed by atoms with E-state index in [0.717, 1.165) is 22.3 Å². The van der Waals surface area contributed by atoms with Crippen LogP contribution in [0.5, 0.6) is 28.7 Å². The molecule has 6 rings (SSSR count). The molecule has 0 saturated carbocycles. The molecule has 0 unspecified atom stereocenters. The fourth-order valence-electron chi connectivity index (χ4n) is 5.96. The molecule has 0 radical (unpaired) electrons. The average Bonchev–Trinajstić information content (AvgIpc) is 3.22. The van der Waals surface area contributed by atoms with Gasteiger partial charge in [0.2, 0.25) is 8.32 Å². The molecule has 6 aromatic rings. The van der Waals surface area contributed by atoms with Gasteiger partial charge < -0.3 is 33.6 Å². The van der Waals surface area contributed by atoms with Crippen molar-refractivity contribution in [3.05, 3.63) is 185 Å². The van der Waals surface area contributed by atoms with Crippen molar-refractivity contribution in [3.8, 4) is 28.7 Å². The normalized spacial score (nSPS) is 12.7. The molecule has 0 aliphatic heterocycles. The fraction of sp³-hybridized carbons (Fsp3) is 0.265. The zero-order valence-corrected chi connectivity index (χ0v) is 34.6. The van der Waals surface area contributed by atoms with E-state index < -0.39 is 20.5 Å². The molecular formula is C49H54O7Si. The number of hydrogen-bond acceptors (Lipinski definition) is 7. The number of rotatable bonds is 18. The Kier molecular flexibility index (Phi) is 13.7.